The number of hydrogen-bond donors (Lipinski definition) is 2. The van der Waals surface area contributed by atoms with Crippen LogP contribution in [-0.2, 0) is 14.4 Å². The van der Waals surface area contributed by atoms with Gasteiger partial charge < -0.3 is 15.5 Å². The average molecular weight is 370 g/mol. The van der Waals surface area contributed by atoms with E-state index in [1.54, 1.807) is 36.1 Å². The zero-order valence-electron chi connectivity index (χ0n) is 15.2. The third-order valence-corrected chi connectivity index (χ3v) is 5.54. The molecule has 2 saturated heterocycles. The summed E-state index contributed by atoms with van der Waals surface area (Å²) in [5.74, 6) is -0.666. The van der Waals surface area contributed by atoms with E-state index < -0.39 is 17.5 Å². The molecule has 4 rings (SSSR count). The molecule has 142 valence electrons. The van der Waals surface area contributed by atoms with Crippen molar-refractivity contribution >= 4 is 35.1 Å². The second-order valence-corrected chi connectivity index (χ2v) is 7.51. The van der Waals surface area contributed by atoms with Crippen LogP contribution >= 0.6 is 0 Å². The number of urea groups is 1. The third kappa shape index (κ3) is 3.05. The number of hydrogen-bond acceptors (Lipinski definition) is 4. The van der Waals surface area contributed by atoms with Gasteiger partial charge in [0.1, 0.15) is 12.1 Å². The summed E-state index contributed by atoms with van der Waals surface area (Å²) in [5.41, 5.74) is 0.222. The molecule has 3 fully saturated rings. The van der Waals surface area contributed by atoms with Crippen molar-refractivity contribution in [1.82, 2.24) is 10.2 Å². The Bertz CT molecular complexity index is 835. The van der Waals surface area contributed by atoms with Gasteiger partial charge in [-0.05, 0) is 44.2 Å². The number of amides is 5. The van der Waals surface area contributed by atoms with Gasteiger partial charge in [-0.1, -0.05) is 12.1 Å². The van der Waals surface area contributed by atoms with E-state index in [-0.39, 0.29) is 24.3 Å². The quantitative estimate of drug-likeness (QED) is 0.767. The van der Waals surface area contributed by atoms with E-state index in [1.807, 2.05) is 0 Å². The highest BCUT2D eigenvalue weighted by Gasteiger charge is 2.56. The van der Waals surface area contributed by atoms with Gasteiger partial charge in [-0.3, -0.25) is 19.3 Å². The Hall–Kier alpha value is -2.90. The molecule has 2 heterocycles. The molecule has 1 saturated carbocycles. The minimum absolute atomic E-state index is 0.0194. The highest BCUT2D eigenvalue weighted by atomic mass is 16.2. The lowest BCUT2D eigenvalue weighted by molar-refractivity contribution is -0.134. The molecule has 3 aliphatic rings. The van der Waals surface area contributed by atoms with E-state index in [0.29, 0.717) is 24.3 Å². The first kappa shape index (κ1) is 17.5. The summed E-state index contributed by atoms with van der Waals surface area (Å²) in [6.45, 7) is 1.98. The fourth-order valence-electron chi connectivity index (χ4n) is 3.85. The first-order chi connectivity index (χ1) is 12.9. The third-order valence-electron chi connectivity index (χ3n) is 5.54. The van der Waals surface area contributed by atoms with Crippen LogP contribution in [0.15, 0.2) is 24.3 Å². The number of anilines is 2. The fraction of sp³-hybridized carbons (Fsp3) is 0.474. The highest BCUT2D eigenvalue weighted by molar-refractivity contribution is 6.11. The van der Waals surface area contributed by atoms with Crippen molar-refractivity contribution in [2.45, 2.75) is 38.1 Å². The van der Waals surface area contributed by atoms with E-state index in [0.717, 1.165) is 24.2 Å². The number of nitrogens with one attached hydrogen (secondary N) is 2. The molecular formula is C19H22N4O4. The van der Waals surface area contributed by atoms with Crippen molar-refractivity contribution in [3.63, 3.8) is 0 Å². The Kier molecular flexibility index (Phi) is 4.13. The number of nitrogens with zero attached hydrogens (tertiary/aromatic N) is 2. The predicted octanol–water partition coefficient (Wildman–Crippen LogP) is 1.47. The summed E-state index contributed by atoms with van der Waals surface area (Å²) < 4.78 is 0. The van der Waals surface area contributed by atoms with Gasteiger partial charge in [0.15, 0.2) is 0 Å². The monoisotopic (exact) mass is 370 g/mol. The van der Waals surface area contributed by atoms with Crippen molar-refractivity contribution in [2.24, 2.45) is 5.92 Å². The molecule has 0 spiro atoms. The predicted molar refractivity (Wildman–Crippen MR) is 98.0 cm³/mol. The molecule has 5 amide bonds. The van der Waals surface area contributed by atoms with E-state index in [9.17, 15) is 19.2 Å². The maximum Gasteiger partial charge on any atom is 0.325 e. The molecule has 1 aromatic carbocycles. The molecule has 0 unspecified atom stereocenters. The van der Waals surface area contributed by atoms with Crippen molar-refractivity contribution in [2.75, 3.05) is 23.3 Å². The minimum atomic E-state index is -0.906. The van der Waals surface area contributed by atoms with Crippen LogP contribution in [0.1, 0.15) is 32.6 Å². The average Bonchev–Trinajstić information content (AvgIpc) is 3.38. The van der Waals surface area contributed by atoms with E-state index >= 15 is 0 Å². The number of carbonyl (C=O) groups is 4. The lowest BCUT2D eigenvalue weighted by atomic mass is 9.96. The number of rotatable bonds is 5. The van der Waals surface area contributed by atoms with Crippen LogP contribution in [0.3, 0.4) is 0 Å². The van der Waals surface area contributed by atoms with E-state index in [4.69, 9.17) is 0 Å². The number of para-hydroxylation sites is 2. The van der Waals surface area contributed by atoms with Gasteiger partial charge in [0, 0.05) is 13.0 Å². The van der Waals surface area contributed by atoms with E-state index in [1.165, 1.54) is 0 Å². The largest absolute Gasteiger partial charge is 0.325 e. The van der Waals surface area contributed by atoms with Crippen molar-refractivity contribution in [1.29, 1.82) is 0 Å². The molecule has 8 nitrogen and oxygen atoms in total. The van der Waals surface area contributed by atoms with Gasteiger partial charge in [-0.15, -0.1) is 0 Å². The van der Waals surface area contributed by atoms with Crippen molar-refractivity contribution in [3.8, 4) is 0 Å². The smallest absolute Gasteiger partial charge is 0.323 e. The van der Waals surface area contributed by atoms with Gasteiger partial charge >= 0.3 is 6.03 Å². The van der Waals surface area contributed by atoms with Crippen LogP contribution in [0.4, 0.5) is 16.2 Å². The second kappa shape index (κ2) is 6.37. The molecule has 1 aromatic rings. The Morgan fingerprint density at radius 2 is 2.00 bits per heavy atom. The Morgan fingerprint density at radius 1 is 1.26 bits per heavy atom. The number of imide groups is 1. The molecule has 0 bridgehead atoms. The van der Waals surface area contributed by atoms with Gasteiger partial charge in [0.25, 0.3) is 5.91 Å². The Labute approximate surface area is 156 Å². The molecule has 1 aliphatic carbocycles. The lowest BCUT2D eigenvalue weighted by Crippen LogP contribution is -2.46. The van der Waals surface area contributed by atoms with Crippen LogP contribution < -0.4 is 15.5 Å². The first-order valence-electron chi connectivity index (χ1n) is 9.23. The molecule has 0 radical (unpaired) electrons. The highest BCUT2D eigenvalue weighted by Crippen LogP contribution is 2.42. The van der Waals surface area contributed by atoms with Gasteiger partial charge in [-0.25, -0.2) is 4.79 Å². The summed E-state index contributed by atoms with van der Waals surface area (Å²) in [4.78, 5) is 52.0. The standard InChI is InChI=1S/C19H22N4O4/c1-19(12-8-9-12)17(26)23(18(27)21-19)11-15(24)20-13-5-2-3-6-14(13)22-10-4-7-16(22)25/h2-3,5-6,12H,4,7-11H2,1H3,(H,20,24)(H,21,27)/t19-/m0/s1. The normalized spacial score (nSPS) is 25.1. The topological polar surface area (TPSA) is 98.8 Å². The van der Waals surface area contributed by atoms with Gasteiger partial charge in [-0.2, -0.15) is 0 Å². The van der Waals surface area contributed by atoms with Gasteiger partial charge in [0.2, 0.25) is 11.8 Å². The first-order valence-corrected chi connectivity index (χ1v) is 9.23. The zero-order valence-corrected chi connectivity index (χ0v) is 15.2. The van der Waals surface area contributed by atoms with Crippen LogP contribution in [0, 0.1) is 5.92 Å². The maximum absolute atomic E-state index is 12.6. The van der Waals surface area contributed by atoms with E-state index in [2.05, 4.69) is 10.6 Å². The minimum Gasteiger partial charge on any atom is -0.323 e. The summed E-state index contributed by atoms with van der Waals surface area (Å²) in [7, 11) is 0. The molecule has 8 heteroatoms. The summed E-state index contributed by atoms with van der Waals surface area (Å²) >= 11 is 0. The summed E-state index contributed by atoms with van der Waals surface area (Å²) in [5, 5.41) is 5.47. The second-order valence-electron chi connectivity index (χ2n) is 7.51. The maximum atomic E-state index is 12.6. The molecule has 2 aliphatic heterocycles. The van der Waals surface area contributed by atoms with Crippen LogP contribution in [0.2, 0.25) is 0 Å². The van der Waals surface area contributed by atoms with Crippen LogP contribution in [0.25, 0.3) is 0 Å². The summed E-state index contributed by atoms with van der Waals surface area (Å²) in [6, 6.07) is 6.51. The van der Waals surface area contributed by atoms with Crippen LogP contribution in [0.5, 0.6) is 0 Å². The van der Waals surface area contributed by atoms with Crippen molar-refractivity contribution in [3.05, 3.63) is 24.3 Å². The molecule has 0 aromatic heterocycles. The Morgan fingerprint density at radius 3 is 2.67 bits per heavy atom. The molecule has 1 atom stereocenters. The SMILES string of the molecule is C[C@@]1(C2CC2)NC(=O)N(CC(=O)Nc2ccccc2N2CCCC2=O)C1=O. The number of carbonyl (C=O) groups excluding carboxylic acids is 4. The van der Waals surface area contributed by atoms with Crippen LogP contribution in [-0.4, -0.2) is 47.3 Å². The zero-order chi connectivity index (χ0) is 19.2. The van der Waals surface area contributed by atoms with Gasteiger partial charge in [0.05, 0.1) is 11.4 Å². The van der Waals surface area contributed by atoms with Crippen molar-refractivity contribution < 1.29 is 19.2 Å². The lowest BCUT2D eigenvalue weighted by Gasteiger charge is -2.22. The fourth-order valence-corrected chi connectivity index (χ4v) is 3.85. The molecular weight excluding hydrogens is 348 g/mol. The summed E-state index contributed by atoms with van der Waals surface area (Å²) in [6.07, 6.45) is 3.08. The number of benzene rings is 1. The Balaban J connectivity index is 1.47. The molecule has 2 N–H and O–H groups in total. The molecule has 27 heavy (non-hydrogen) atoms.